The zero-order valence-electron chi connectivity index (χ0n) is 15.1. The molecule has 2 aromatic carbocycles. The first kappa shape index (κ1) is 18.1. The molecule has 1 fully saturated rings. The summed E-state index contributed by atoms with van der Waals surface area (Å²) in [6.07, 6.45) is 5.61. The first-order valence-corrected chi connectivity index (χ1v) is 10.8. The summed E-state index contributed by atoms with van der Waals surface area (Å²) in [5.41, 5.74) is 1.78. The van der Waals surface area contributed by atoms with Gasteiger partial charge in [0.1, 0.15) is 0 Å². The molecule has 0 spiro atoms. The van der Waals surface area contributed by atoms with Crippen LogP contribution in [0, 0.1) is 0 Å². The predicted octanol–water partition coefficient (Wildman–Crippen LogP) is 4.16. The van der Waals surface area contributed by atoms with Crippen LogP contribution in [-0.2, 0) is 16.6 Å². The lowest BCUT2D eigenvalue weighted by Crippen LogP contribution is -2.37. The molecule has 142 valence electrons. The van der Waals surface area contributed by atoms with Gasteiger partial charge in [-0.2, -0.15) is 4.31 Å². The van der Waals surface area contributed by atoms with E-state index in [4.69, 9.17) is 9.47 Å². The third kappa shape index (κ3) is 4.17. The van der Waals surface area contributed by atoms with Gasteiger partial charge in [-0.15, -0.1) is 0 Å². The third-order valence-corrected chi connectivity index (χ3v) is 6.63. The standard InChI is InChI=1S/C21H23NO4S/c23-27(24,13-12-17-6-2-1-3-7-17)22(19-8-4-5-9-19)15-18-10-11-20-21(14-18)26-16-25-20/h1-3,6-7,10-14,19H,4-5,8-9,15-16H2/b13-12+. The molecule has 0 N–H and O–H groups in total. The monoisotopic (exact) mass is 385 g/mol. The number of fused-ring (bicyclic) bond motifs is 1. The molecule has 5 nitrogen and oxygen atoms in total. The van der Waals surface area contributed by atoms with Gasteiger partial charge in [0.2, 0.25) is 16.8 Å². The SMILES string of the molecule is O=S(=O)(/C=C/c1ccccc1)N(Cc1ccc2c(c1)OCO2)C1CCCC1. The Bertz CT molecular complexity index is 918. The Morgan fingerprint density at radius 1 is 1.00 bits per heavy atom. The van der Waals surface area contributed by atoms with Crippen molar-refractivity contribution in [2.45, 2.75) is 38.3 Å². The molecule has 0 radical (unpaired) electrons. The fourth-order valence-corrected chi connectivity index (χ4v) is 5.09. The minimum absolute atomic E-state index is 0.0425. The first-order chi connectivity index (χ1) is 13.1. The minimum atomic E-state index is -3.54. The number of sulfonamides is 1. The van der Waals surface area contributed by atoms with E-state index < -0.39 is 10.0 Å². The number of hydrogen-bond acceptors (Lipinski definition) is 4. The van der Waals surface area contributed by atoms with E-state index in [2.05, 4.69) is 0 Å². The highest BCUT2D eigenvalue weighted by molar-refractivity contribution is 7.92. The van der Waals surface area contributed by atoms with Crippen LogP contribution in [-0.4, -0.2) is 25.6 Å². The molecule has 0 aromatic heterocycles. The zero-order valence-corrected chi connectivity index (χ0v) is 15.9. The topological polar surface area (TPSA) is 55.8 Å². The second kappa shape index (κ2) is 7.74. The first-order valence-electron chi connectivity index (χ1n) is 9.25. The Morgan fingerprint density at radius 3 is 2.52 bits per heavy atom. The van der Waals surface area contributed by atoms with Gasteiger partial charge in [0, 0.05) is 18.0 Å². The van der Waals surface area contributed by atoms with Crippen molar-refractivity contribution < 1.29 is 17.9 Å². The van der Waals surface area contributed by atoms with E-state index in [1.807, 2.05) is 48.5 Å². The van der Waals surface area contributed by atoms with Crippen LogP contribution in [0.25, 0.3) is 6.08 Å². The maximum atomic E-state index is 13.1. The highest BCUT2D eigenvalue weighted by Crippen LogP contribution is 2.34. The van der Waals surface area contributed by atoms with Crippen molar-refractivity contribution in [1.82, 2.24) is 4.31 Å². The summed E-state index contributed by atoms with van der Waals surface area (Å²) in [7, 11) is -3.54. The summed E-state index contributed by atoms with van der Waals surface area (Å²) < 4.78 is 38.6. The molecule has 0 saturated heterocycles. The molecule has 2 aromatic rings. The van der Waals surface area contributed by atoms with E-state index in [1.165, 1.54) is 5.41 Å². The van der Waals surface area contributed by atoms with Gasteiger partial charge in [0.05, 0.1) is 0 Å². The number of ether oxygens (including phenoxy) is 2. The van der Waals surface area contributed by atoms with Gasteiger partial charge in [-0.25, -0.2) is 8.42 Å². The molecule has 0 atom stereocenters. The lowest BCUT2D eigenvalue weighted by molar-refractivity contribution is 0.174. The molecule has 27 heavy (non-hydrogen) atoms. The molecule has 1 aliphatic carbocycles. The van der Waals surface area contributed by atoms with E-state index >= 15 is 0 Å². The van der Waals surface area contributed by atoms with E-state index in [9.17, 15) is 8.42 Å². The van der Waals surface area contributed by atoms with Crippen molar-refractivity contribution >= 4 is 16.1 Å². The highest BCUT2D eigenvalue weighted by Gasteiger charge is 2.31. The predicted molar refractivity (Wildman–Crippen MR) is 105 cm³/mol. The van der Waals surface area contributed by atoms with Crippen molar-refractivity contribution in [3.8, 4) is 11.5 Å². The molecule has 1 aliphatic heterocycles. The smallest absolute Gasteiger partial charge is 0.236 e. The molecule has 0 amide bonds. The maximum Gasteiger partial charge on any atom is 0.236 e. The second-order valence-electron chi connectivity index (χ2n) is 6.93. The van der Waals surface area contributed by atoms with Crippen LogP contribution in [0.1, 0.15) is 36.8 Å². The fourth-order valence-electron chi connectivity index (χ4n) is 3.65. The molecular weight excluding hydrogens is 362 g/mol. The van der Waals surface area contributed by atoms with Crippen LogP contribution in [0.2, 0.25) is 0 Å². The molecule has 2 aliphatic rings. The summed E-state index contributed by atoms with van der Waals surface area (Å²) in [5.74, 6) is 1.38. The van der Waals surface area contributed by atoms with Gasteiger partial charge in [-0.3, -0.25) is 0 Å². The quantitative estimate of drug-likeness (QED) is 0.749. The lowest BCUT2D eigenvalue weighted by atomic mass is 10.1. The Labute approximate surface area is 160 Å². The van der Waals surface area contributed by atoms with Crippen LogP contribution in [0.15, 0.2) is 53.9 Å². The van der Waals surface area contributed by atoms with Crippen LogP contribution >= 0.6 is 0 Å². The normalized spacial score (nSPS) is 17.2. The molecular formula is C21H23NO4S. The van der Waals surface area contributed by atoms with Crippen LogP contribution in [0.4, 0.5) is 0 Å². The summed E-state index contributed by atoms with van der Waals surface area (Å²) in [6, 6.07) is 15.2. The minimum Gasteiger partial charge on any atom is -0.454 e. The summed E-state index contributed by atoms with van der Waals surface area (Å²) in [5, 5.41) is 1.33. The largest absolute Gasteiger partial charge is 0.454 e. The van der Waals surface area contributed by atoms with Gasteiger partial charge in [-0.05, 0) is 42.2 Å². The molecule has 1 saturated carbocycles. The number of hydrogen-bond donors (Lipinski definition) is 0. The van der Waals surface area contributed by atoms with Crippen LogP contribution in [0.3, 0.4) is 0 Å². The number of nitrogens with zero attached hydrogens (tertiary/aromatic N) is 1. The van der Waals surface area contributed by atoms with Crippen molar-refractivity contribution in [1.29, 1.82) is 0 Å². The van der Waals surface area contributed by atoms with Gasteiger partial charge < -0.3 is 9.47 Å². The third-order valence-electron chi connectivity index (χ3n) is 5.07. The summed E-state index contributed by atoms with van der Waals surface area (Å²) in [6.45, 7) is 0.548. The van der Waals surface area contributed by atoms with E-state index in [1.54, 1.807) is 10.4 Å². The second-order valence-corrected chi connectivity index (χ2v) is 8.70. The van der Waals surface area contributed by atoms with E-state index in [-0.39, 0.29) is 12.8 Å². The molecule has 1 heterocycles. The Morgan fingerprint density at radius 2 is 1.74 bits per heavy atom. The highest BCUT2D eigenvalue weighted by atomic mass is 32.2. The van der Waals surface area contributed by atoms with Crippen molar-refractivity contribution in [2.75, 3.05) is 6.79 Å². The molecule has 0 unspecified atom stereocenters. The van der Waals surface area contributed by atoms with Crippen molar-refractivity contribution in [2.24, 2.45) is 0 Å². The average Bonchev–Trinajstić information content (AvgIpc) is 3.36. The number of rotatable bonds is 6. The summed E-state index contributed by atoms with van der Waals surface area (Å²) in [4.78, 5) is 0. The zero-order chi connectivity index (χ0) is 18.7. The molecule has 0 bridgehead atoms. The van der Waals surface area contributed by atoms with Gasteiger partial charge in [-0.1, -0.05) is 49.2 Å². The van der Waals surface area contributed by atoms with E-state index in [0.717, 1.165) is 36.8 Å². The number of benzene rings is 2. The van der Waals surface area contributed by atoms with Crippen molar-refractivity contribution in [3.63, 3.8) is 0 Å². The lowest BCUT2D eigenvalue weighted by Gasteiger charge is -2.27. The fraction of sp³-hybridized carbons (Fsp3) is 0.333. The summed E-state index contributed by atoms with van der Waals surface area (Å²) >= 11 is 0. The van der Waals surface area contributed by atoms with Gasteiger partial charge in [0.15, 0.2) is 11.5 Å². The van der Waals surface area contributed by atoms with Gasteiger partial charge >= 0.3 is 0 Å². The Hall–Kier alpha value is -2.31. The van der Waals surface area contributed by atoms with Gasteiger partial charge in [0.25, 0.3) is 0 Å². The van der Waals surface area contributed by atoms with Crippen LogP contribution < -0.4 is 9.47 Å². The Balaban J connectivity index is 1.59. The van der Waals surface area contributed by atoms with Crippen molar-refractivity contribution in [3.05, 3.63) is 65.1 Å². The maximum absolute atomic E-state index is 13.1. The van der Waals surface area contributed by atoms with Crippen LogP contribution in [0.5, 0.6) is 11.5 Å². The van der Waals surface area contributed by atoms with E-state index in [0.29, 0.717) is 18.0 Å². The molecule has 6 heteroatoms. The molecule has 4 rings (SSSR count). The Kier molecular flexibility index (Phi) is 5.18. The average molecular weight is 385 g/mol.